The van der Waals surface area contributed by atoms with Crippen LogP contribution in [-0.2, 0) is 4.79 Å². The van der Waals surface area contributed by atoms with Crippen molar-refractivity contribution in [1.29, 1.82) is 0 Å². The quantitative estimate of drug-likeness (QED) is 0.787. The normalized spacial score (nSPS) is 11.2. The van der Waals surface area contributed by atoms with Crippen molar-refractivity contribution in [1.82, 2.24) is 9.88 Å². The van der Waals surface area contributed by atoms with E-state index in [9.17, 15) is 9.18 Å². The first kappa shape index (κ1) is 14.6. The molecule has 0 unspecified atom stereocenters. The fourth-order valence-electron chi connectivity index (χ4n) is 1.75. The third kappa shape index (κ3) is 4.10. The summed E-state index contributed by atoms with van der Waals surface area (Å²) in [6, 6.07) is 8.47. The molecule has 5 nitrogen and oxygen atoms in total. The Morgan fingerprint density at radius 3 is 2.71 bits per heavy atom. The number of hydrogen-bond donors (Lipinski definition) is 3. The monoisotopic (exact) mass is 288 g/mol. The van der Waals surface area contributed by atoms with Crippen molar-refractivity contribution in [3.63, 3.8) is 0 Å². The molecule has 110 valence electrons. The molecule has 0 saturated carbocycles. The Balaban J connectivity index is 2.04. The molecule has 0 radical (unpaired) electrons. The number of amides is 1. The second-order valence-electron chi connectivity index (χ2n) is 4.53. The van der Waals surface area contributed by atoms with E-state index in [1.165, 1.54) is 19.2 Å². The molecule has 0 saturated heterocycles. The van der Waals surface area contributed by atoms with Crippen molar-refractivity contribution in [2.75, 3.05) is 11.9 Å². The Kier molecular flexibility index (Phi) is 4.61. The van der Waals surface area contributed by atoms with E-state index in [-0.39, 0.29) is 18.3 Å². The van der Waals surface area contributed by atoms with Gasteiger partial charge in [0.1, 0.15) is 5.82 Å². The highest BCUT2D eigenvalue weighted by Crippen LogP contribution is 2.18. The maximum absolute atomic E-state index is 14.0. The third-order valence-electron chi connectivity index (χ3n) is 2.80. The van der Waals surface area contributed by atoms with Crippen molar-refractivity contribution in [2.45, 2.75) is 6.92 Å². The Hall–Kier alpha value is -2.76. The Morgan fingerprint density at radius 2 is 2.10 bits per heavy atom. The van der Waals surface area contributed by atoms with E-state index in [2.05, 4.69) is 10.6 Å². The third-order valence-corrected chi connectivity index (χ3v) is 2.80. The summed E-state index contributed by atoms with van der Waals surface area (Å²) in [5.41, 5.74) is 7.20. The van der Waals surface area contributed by atoms with E-state index >= 15 is 0 Å². The van der Waals surface area contributed by atoms with Gasteiger partial charge >= 0.3 is 0 Å². The average molecular weight is 288 g/mol. The number of nitrogens with zero attached hydrogens (tertiary/aromatic N) is 1. The molecule has 4 N–H and O–H groups in total. The van der Waals surface area contributed by atoms with Crippen molar-refractivity contribution >= 4 is 11.6 Å². The zero-order valence-corrected chi connectivity index (χ0v) is 11.6. The molecule has 0 spiro atoms. The molecular weight excluding hydrogens is 271 g/mol. The van der Waals surface area contributed by atoms with Gasteiger partial charge in [-0.1, -0.05) is 0 Å². The molecule has 0 aliphatic rings. The van der Waals surface area contributed by atoms with E-state index in [0.29, 0.717) is 17.1 Å². The van der Waals surface area contributed by atoms with Crippen molar-refractivity contribution in [3.05, 3.63) is 60.4 Å². The highest BCUT2D eigenvalue weighted by molar-refractivity contribution is 5.73. The number of carbonyl (C=O) groups is 1. The summed E-state index contributed by atoms with van der Waals surface area (Å²) >= 11 is 0. The van der Waals surface area contributed by atoms with Crippen LogP contribution >= 0.6 is 0 Å². The largest absolute Gasteiger partial charge is 0.399 e. The minimum absolute atomic E-state index is 0.159. The number of hydrogen-bond acceptors (Lipinski definition) is 3. The Morgan fingerprint density at radius 1 is 1.38 bits per heavy atom. The highest BCUT2D eigenvalue weighted by atomic mass is 19.1. The van der Waals surface area contributed by atoms with Crippen LogP contribution in [0.2, 0.25) is 0 Å². The molecule has 0 atom stereocenters. The predicted octanol–water partition coefficient (Wildman–Crippen LogP) is 1.96. The van der Waals surface area contributed by atoms with Crippen LogP contribution in [0.15, 0.2) is 54.6 Å². The molecule has 2 rings (SSSR count). The summed E-state index contributed by atoms with van der Waals surface area (Å²) in [4.78, 5) is 10.8. The van der Waals surface area contributed by atoms with Gasteiger partial charge in [0.05, 0.1) is 12.2 Å². The average Bonchev–Trinajstić information content (AvgIpc) is 2.97. The molecule has 0 bridgehead atoms. The Bertz CT molecular complexity index is 650. The van der Waals surface area contributed by atoms with Crippen LogP contribution in [0.1, 0.15) is 6.92 Å². The number of rotatable bonds is 5. The number of benzene rings is 1. The first-order valence-corrected chi connectivity index (χ1v) is 6.44. The van der Waals surface area contributed by atoms with Gasteiger partial charge in [-0.3, -0.25) is 4.79 Å². The summed E-state index contributed by atoms with van der Waals surface area (Å²) < 4.78 is 15.7. The minimum atomic E-state index is -0.343. The van der Waals surface area contributed by atoms with Gasteiger partial charge in [0, 0.05) is 36.9 Å². The molecule has 1 amide bonds. The molecule has 1 aromatic carbocycles. The van der Waals surface area contributed by atoms with Crippen molar-refractivity contribution in [3.8, 4) is 5.69 Å². The van der Waals surface area contributed by atoms with E-state index in [0.717, 1.165) is 0 Å². The first-order chi connectivity index (χ1) is 10.1. The number of nitrogens with two attached hydrogens (primary N) is 1. The van der Waals surface area contributed by atoms with Crippen LogP contribution in [0.4, 0.5) is 10.1 Å². The summed E-state index contributed by atoms with van der Waals surface area (Å²) in [5.74, 6) is -0.501. The van der Waals surface area contributed by atoms with Gasteiger partial charge in [-0.25, -0.2) is 4.39 Å². The molecule has 6 heteroatoms. The van der Waals surface area contributed by atoms with Crippen molar-refractivity contribution in [2.24, 2.45) is 5.73 Å². The molecule has 1 heterocycles. The van der Waals surface area contributed by atoms with E-state index in [1.54, 1.807) is 29.1 Å². The standard InChI is InChI=1S/C15H17FN4O/c1-11(21)18-9-12(17)10-19-13-4-5-15(14(16)8-13)20-6-2-3-7-20/h2-8,10,19H,9,17H2,1H3,(H,18,21)/b12-10-. The summed E-state index contributed by atoms with van der Waals surface area (Å²) in [7, 11) is 0. The zero-order chi connectivity index (χ0) is 15.2. The topological polar surface area (TPSA) is 72.1 Å². The smallest absolute Gasteiger partial charge is 0.217 e. The van der Waals surface area contributed by atoms with Crippen LogP contribution in [0, 0.1) is 5.82 Å². The van der Waals surface area contributed by atoms with Gasteiger partial charge in [-0.2, -0.15) is 0 Å². The first-order valence-electron chi connectivity index (χ1n) is 6.44. The van der Waals surface area contributed by atoms with Crippen LogP contribution < -0.4 is 16.4 Å². The second-order valence-corrected chi connectivity index (χ2v) is 4.53. The minimum Gasteiger partial charge on any atom is -0.399 e. The lowest BCUT2D eigenvalue weighted by Crippen LogP contribution is -2.25. The highest BCUT2D eigenvalue weighted by Gasteiger charge is 2.04. The fraction of sp³-hybridized carbons (Fsp3) is 0.133. The van der Waals surface area contributed by atoms with Crippen LogP contribution in [0.25, 0.3) is 5.69 Å². The zero-order valence-electron chi connectivity index (χ0n) is 11.6. The van der Waals surface area contributed by atoms with Crippen molar-refractivity contribution < 1.29 is 9.18 Å². The number of halogens is 1. The number of nitrogens with one attached hydrogen (secondary N) is 2. The lowest BCUT2D eigenvalue weighted by Gasteiger charge is -2.08. The molecule has 2 aromatic rings. The summed E-state index contributed by atoms with van der Waals surface area (Å²) in [5, 5.41) is 5.46. The lowest BCUT2D eigenvalue weighted by molar-refractivity contribution is -0.118. The van der Waals surface area contributed by atoms with Crippen LogP contribution in [0.3, 0.4) is 0 Å². The summed E-state index contributed by atoms with van der Waals surface area (Å²) in [6.45, 7) is 1.66. The van der Waals surface area contributed by atoms with Gasteiger partial charge in [0.2, 0.25) is 5.91 Å². The molecule has 0 aliphatic heterocycles. The van der Waals surface area contributed by atoms with Gasteiger partial charge in [-0.15, -0.1) is 0 Å². The Labute approximate surface area is 122 Å². The summed E-state index contributed by atoms with van der Waals surface area (Å²) in [6.07, 6.45) is 5.08. The lowest BCUT2D eigenvalue weighted by atomic mass is 10.2. The van der Waals surface area contributed by atoms with E-state index in [1.807, 2.05) is 12.1 Å². The van der Waals surface area contributed by atoms with E-state index in [4.69, 9.17) is 5.73 Å². The van der Waals surface area contributed by atoms with Crippen LogP contribution in [-0.4, -0.2) is 17.0 Å². The number of carbonyl (C=O) groups excluding carboxylic acids is 1. The van der Waals surface area contributed by atoms with Gasteiger partial charge in [0.25, 0.3) is 0 Å². The molecule has 21 heavy (non-hydrogen) atoms. The molecule has 1 aromatic heterocycles. The van der Waals surface area contributed by atoms with Crippen LogP contribution in [0.5, 0.6) is 0 Å². The fourth-order valence-corrected chi connectivity index (χ4v) is 1.75. The second kappa shape index (κ2) is 6.60. The SMILES string of the molecule is CC(=O)NC/C(N)=C/Nc1ccc(-n2cccc2)c(F)c1. The molecular formula is C15H17FN4O. The molecule has 0 aliphatic carbocycles. The maximum atomic E-state index is 14.0. The number of aromatic nitrogens is 1. The predicted molar refractivity (Wildman–Crippen MR) is 80.3 cm³/mol. The van der Waals surface area contributed by atoms with E-state index < -0.39 is 0 Å². The van der Waals surface area contributed by atoms with Gasteiger partial charge < -0.3 is 20.9 Å². The molecule has 0 fully saturated rings. The van der Waals surface area contributed by atoms with Gasteiger partial charge in [-0.05, 0) is 30.3 Å². The number of anilines is 1. The van der Waals surface area contributed by atoms with Gasteiger partial charge in [0.15, 0.2) is 0 Å². The maximum Gasteiger partial charge on any atom is 0.217 e.